The van der Waals surface area contributed by atoms with Gasteiger partial charge in [0.15, 0.2) is 12.3 Å². The van der Waals surface area contributed by atoms with Crippen molar-refractivity contribution in [2.24, 2.45) is 16.9 Å². The van der Waals surface area contributed by atoms with Crippen molar-refractivity contribution in [2.75, 3.05) is 37.8 Å². The summed E-state index contributed by atoms with van der Waals surface area (Å²) in [6.07, 6.45) is 4.15. The van der Waals surface area contributed by atoms with Crippen LogP contribution in [-0.2, 0) is 22.5 Å². The molecule has 3 aromatic rings. The highest BCUT2D eigenvalue weighted by Crippen LogP contribution is 2.42. The number of hydrogen-bond donors (Lipinski definition) is 0. The Kier molecular flexibility index (Phi) is 7.85. The van der Waals surface area contributed by atoms with E-state index in [4.69, 9.17) is 19.6 Å². The minimum absolute atomic E-state index is 0.0577. The van der Waals surface area contributed by atoms with Gasteiger partial charge in [0.2, 0.25) is 0 Å². The summed E-state index contributed by atoms with van der Waals surface area (Å²) < 4.78 is 41.3. The second-order valence-electron chi connectivity index (χ2n) is 13.4. The molecular formula is C35H36F2N7O3+. The van der Waals surface area contributed by atoms with Crippen LogP contribution in [-0.4, -0.2) is 75.8 Å². The van der Waals surface area contributed by atoms with Crippen molar-refractivity contribution >= 4 is 29.3 Å². The smallest absolute Gasteiger partial charge is 0.358 e. The summed E-state index contributed by atoms with van der Waals surface area (Å²) in [7, 11) is 0. The van der Waals surface area contributed by atoms with Crippen LogP contribution in [0.3, 0.4) is 0 Å². The Morgan fingerprint density at radius 3 is 2.70 bits per heavy atom. The van der Waals surface area contributed by atoms with E-state index < -0.39 is 11.6 Å². The van der Waals surface area contributed by atoms with E-state index >= 15 is 0 Å². The molecule has 0 N–H and O–H groups in total. The molecule has 2 aromatic heterocycles. The van der Waals surface area contributed by atoms with E-state index in [1.807, 2.05) is 10.8 Å². The van der Waals surface area contributed by atoms with Crippen molar-refractivity contribution in [3.8, 4) is 22.9 Å². The lowest BCUT2D eigenvalue weighted by molar-refractivity contribution is -0.449. The number of pyridine rings is 2. The summed E-state index contributed by atoms with van der Waals surface area (Å²) in [6.45, 7) is 11.5. The molecule has 242 valence electrons. The normalized spacial score (nSPS) is 21.7. The van der Waals surface area contributed by atoms with Crippen molar-refractivity contribution in [1.82, 2.24) is 14.9 Å². The minimum Gasteiger partial charge on any atom is -0.482 e. The first-order chi connectivity index (χ1) is 22.6. The number of likely N-dealkylation sites (tertiary alicyclic amines) is 1. The first-order valence-electron chi connectivity index (χ1n) is 15.9. The molecule has 0 saturated carbocycles. The molecule has 2 saturated heterocycles. The molecule has 0 radical (unpaired) electrons. The standard InChI is InChI=1S/C35H36F2N7O3/c1-20(2)9-27-24(12-38)33(25-14-40-44(34(25)41-27)29-7-8-42(15-21(29)3)35(4)18-46-19-35)22-5-6-30-31(10-22)47-17-32(45)43(30)16-28-26(37)11-23(36)13-39-28/h5-6,10-11,13-14,20-21H,7-9,15-19H2,1-4H3/q+1/b44-29-/t21-/m1/s1. The second-order valence-corrected chi connectivity index (χ2v) is 13.4. The molecule has 1 amide bonds. The van der Waals surface area contributed by atoms with Gasteiger partial charge in [0.05, 0.1) is 49.1 Å². The van der Waals surface area contributed by atoms with E-state index in [1.54, 1.807) is 18.3 Å². The molecule has 0 unspecified atom stereocenters. The average molecular weight is 641 g/mol. The van der Waals surface area contributed by atoms with Gasteiger partial charge in [-0.2, -0.15) is 5.26 Å². The number of hydrazone groups is 1. The van der Waals surface area contributed by atoms with E-state index in [0.717, 1.165) is 50.6 Å². The van der Waals surface area contributed by atoms with E-state index in [9.17, 15) is 18.8 Å². The van der Waals surface area contributed by atoms with Crippen LogP contribution in [0.4, 0.5) is 20.3 Å². The molecule has 4 aliphatic rings. The molecule has 10 nitrogen and oxygen atoms in total. The number of nitriles is 1. The fraction of sp³-hybridized carbons (Fsp3) is 0.429. The number of aromatic nitrogens is 2. The summed E-state index contributed by atoms with van der Waals surface area (Å²) in [5.74, 6) is -0.409. The molecule has 7 rings (SSSR count). The fourth-order valence-electron chi connectivity index (χ4n) is 6.90. The molecule has 2 fully saturated rings. The summed E-state index contributed by atoms with van der Waals surface area (Å²) in [4.78, 5) is 25.7. The van der Waals surface area contributed by atoms with E-state index in [-0.39, 0.29) is 42.1 Å². The van der Waals surface area contributed by atoms with Crippen molar-refractivity contribution in [3.63, 3.8) is 0 Å². The van der Waals surface area contributed by atoms with Gasteiger partial charge in [0, 0.05) is 43.5 Å². The molecule has 12 heteroatoms. The number of amides is 1. The minimum atomic E-state index is -0.834. The van der Waals surface area contributed by atoms with Gasteiger partial charge in [-0.1, -0.05) is 31.9 Å². The van der Waals surface area contributed by atoms with Gasteiger partial charge in [-0.05, 0) is 35.5 Å². The Morgan fingerprint density at radius 2 is 2.02 bits per heavy atom. The van der Waals surface area contributed by atoms with E-state index in [1.165, 1.54) is 10.6 Å². The number of piperidine rings is 1. The third-order valence-corrected chi connectivity index (χ3v) is 9.45. The summed E-state index contributed by atoms with van der Waals surface area (Å²) in [5.41, 5.74) is 4.95. The first-order valence-corrected chi connectivity index (χ1v) is 15.9. The van der Waals surface area contributed by atoms with Gasteiger partial charge in [0.25, 0.3) is 5.91 Å². The van der Waals surface area contributed by atoms with Crippen LogP contribution in [0.1, 0.15) is 56.6 Å². The number of fused-ring (bicyclic) bond motifs is 2. The lowest BCUT2D eigenvalue weighted by atomic mass is 9.89. The number of anilines is 1. The van der Waals surface area contributed by atoms with Crippen molar-refractivity contribution in [1.29, 1.82) is 5.26 Å². The molecule has 1 atom stereocenters. The fourth-order valence-corrected chi connectivity index (χ4v) is 6.90. The maximum Gasteiger partial charge on any atom is 0.358 e. The number of carbonyl (C=O) groups excluding carboxylic acids is 1. The number of nitrogens with zero attached hydrogens (tertiary/aromatic N) is 7. The SMILES string of the molecule is CC(C)Cc1nc2c(c(-c3ccc4c(c3)OCC(=O)N4Cc3ncc(F)cc3F)c1C#N)C=N/[N+]2=C1/CCN(C2(C)COC2)C[C@H]1C. The number of carbonyl (C=O) groups is 1. The molecule has 47 heavy (non-hydrogen) atoms. The van der Waals surface area contributed by atoms with E-state index in [0.29, 0.717) is 46.1 Å². The summed E-state index contributed by atoms with van der Waals surface area (Å²) in [5, 5.41) is 15.4. The zero-order valence-electron chi connectivity index (χ0n) is 26.9. The Labute approximate surface area is 271 Å². The average Bonchev–Trinajstić information content (AvgIpc) is 3.44. The number of hydrogen-bond acceptors (Lipinski definition) is 8. The molecule has 1 aromatic carbocycles. The maximum atomic E-state index is 14.5. The van der Waals surface area contributed by atoms with Gasteiger partial charge in [-0.25, -0.2) is 8.78 Å². The molecule has 0 spiro atoms. The Morgan fingerprint density at radius 1 is 1.21 bits per heavy atom. The van der Waals surface area contributed by atoms with Gasteiger partial charge in [-0.15, -0.1) is 4.68 Å². The van der Waals surface area contributed by atoms with Crippen LogP contribution in [0.15, 0.2) is 35.6 Å². The topological polar surface area (TPSA) is 107 Å². The number of ether oxygens (including phenoxy) is 2. The van der Waals surface area contributed by atoms with Crippen LogP contribution < -0.4 is 9.64 Å². The predicted octanol–water partition coefficient (Wildman–Crippen LogP) is 4.98. The van der Waals surface area contributed by atoms with Crippen molar-refractivity contribution < 1.29 is 27.7 Å². The van der Waals surface area contributed by atoms with Crippen molar-refractivity contribution in [3.05, 3.63) is 64.6 Å². The van der Waals surface area contributed by atoms with Gasteiger partial charge < -0.3 is 9.47 Å². The van der Waals surface area contributed by atoms with Crippen LogP contribution in [0, 0.1) is 34.8 Å². The third-order valence-electron chi connectivity index (χ3n) is 9.45. The zero-order chi connectivity index (χ0) is 33.0. The molecule has 0 bridgehead atoms. The Balaban J connectivity index is 1.30. The van der Waals surface area contributed by atoms with Crippen LogP contribution in [0.25, 0.3) is 11.1 Å². The van der Waals surface area contributed by atoms with E-state index in [2.05, 4.69) is 43.6 Å². The van der Waals surface area contributed by atoms with Crippen LogP contribution in [0.5, 0.6) is 5.75 Å². The van der Waals surface area contributed by atoms with Gasteiger partial charge in [-0.3, -0.25) is 19.6 Å². The largest absolute Gasteiger partial charge is 0.482 e. The molecule has 0 aliphatic carbocycles. The van der Waals surface area contributed by atoms with Gasteiger partial charge in [0.1, 0.15) is 40.3 Å². The van der Waals surface area contributed by atoms with Crippen LogP contribution >= 0.6 is 0 Å². The highest BCUT2D eigenvalue weighted by atomic mass is 19.1. The maximum absolute atomic E-state index is 14.5. The lowest BCUT2D eigenvalue weighted by Gasteiger charge is -2.49. The number of halogens is 2. The number of benzene rings is 1. The molecule has 4 aliphatic heterocycles. The predicted molar refractivity (Wildman–Crippen MR) is 171 cm³/mol. The summed E-state index contributed by atoms with van der Waals surface area (Å²) >= 11 is 0. The Bertz CT molecular complexity index is 1900. The Hall–Kier alpha value is -4.60. The second kappa shape index (κ2) is 11.9. The third kappa shape index (κ3) is 5.47. The lowest BCUT2D eigenvalue weighted by Crippen LogP contribution is -2.63. The van der Waals surface area contributed by atoms with Crippen molar-refractivity contribution in [2.45, 2.75) is 52.6 Å². The zero-order valence-corrected chi connectivity index (χ0v) is 26.9. The first kappa shape index (κ1) is 31.0. The highest BCUT2D eigenvalue weighted by molar-refractivity contribution is 6.01. The monoisotopic (exact) mass is 640 g/mol. The molecule has 6 heterocycles. The highest BCUT2D eigenvalue weighted by Gasteiger charge is 2.44. The quantitative estimate of drug-likeness (QED) is 0.350. The molecular weight excluding hydrogens is 604 g/mol. The van der Waals surface area contributed by atoms with Crippen LogP contribution in [0.2, 0.25) is 0 Å². The number of rotatable bonds is 6. The summed E-state index contributed by atoms with van der Waals surface area (Å²) in [6, 6.07) is 8.51. The van der Waals surface area contributed by atoms with Gasteiger partial charge >= 0.3 is 5.82 Å².